The Morgan fingerprint density at radius 3 is 2.72 bits per heavy atom. The van der Waals surface area contributed by atoms with Crippen LogP contribution >= 0.6 is 15.9 Å². The first-order valence-corrected chi connectivity index (χ1v) is 6.37. The minimum absolute atomic E-state index is 0.139. The van der Waals surface area contributed by atoms with Gasteiger partial charge in [0.15, 0.2) is 0 Å². The summed E-state index contributed by atoms with van der Waals surface area (Å²) in [5.41, 5.74) is 0.608. The maximum atomic E-state index is 11.6. The van der Waals surface area contributed by atoms with E-state index in [1.807, 2.05) is 6.92 Å². The van der Waals surface area contributed by atoms with Gasteiger partial charge < -0.3 is 15.7 Å². The van der Waals surface area contributed by atoms with E-state index in [0.717, 1.165) is 6.54 Å². The lowest BCUT2D eigenvalue weighted by atomic mass is 10.2. The van der Waals surface area contributed by atoms with Crippen LogP contribution < -0.4 is 10.6 Å². The van der Waals surface area contributed by atoms with Crippen LogP contribution in [0.3, 0.4) is 0 Å². The Morgan fingerprint density at radius 2 is 2.11 bits per heavy atom. The monoisotopic (exact) mass is 314 g/mol. The number of benzene rings is 1. The Morgan fingerprint density at radius 1 is 1.39 bits per heavy atom. The van der Waals surface area contributed by atoms with E-state index < -0.39 is 5.97 Å². The fraction of sp³-hybridized carbons (Fsp3) is 0.333. The molecular formula is C12H15BrN2O3. The molecule has 0 aliphatic heterocycles. The van der Waals surface area contributed by atoms with E-state index in [1.54, 1.807) is 6.07 Å². The third kappa shape index (κ3) is 4.46. The number of carboxylic acids is 1. The van der Waals surface area contributed by atoms with Gasteiger partial charge in [0.1, 0.15) is 0 Å². The summed E-state index contributed by atoms with van der Waals surface area (Å²) in [4.78, 5) is 22.4. The average Bonchev–Trinajstić information content (AvgIpc) is 2.32. The summed E-state index contributed by atoms with van der Waals surface area (Å²) >= 11 is 3.27. The lowest BCUT2D eigenvalue weighted by Crippen LogP contribution is -2.21. The Hall–Kier alpha value is -1.40. The van der Waals surface area contributed by atoms with Crippen LogP contribution in [0.15, 0.2) is 22.7 Å². The molecule has 0 saturated carbocycles. The Labute approximate surface area is 114 Å². The summed E-state index contributed by atoms with van der Waals surface area (Å²) in [6.45, 7) is 3.37. The Balaban J connectivity index is 2.68. The fourth-order valence-corrected chi connectivity index (χ4v) is 1.69. The van der Waals surface area contributed by atoms with E-state index in [4.69, 9.17) is 5.11 Å². The number of amides is 1. The van der Waals surface area contributed by atoms with Crippen molar-refractivity contribution in [3.8, 4) is 0 Å². The number of hydrogen-bond donors (Lipinski definition) is 3. The molecule has 0 spiro atoms. The summed E-state index contributed by atoms with van der Waals surface area (Å²) in [5.74, 6) is -1.18. The maximum Gasteiger partial charge on any atom is 0.335 e. The first kappa shape index (κ1) is 14.7. The third-order valence-electron chi connectivity index (χ3n) is 2.27. The number of halogens is 1. The van der Waals surface area contributed by atoms with E-state index in [1.165, 1.54) is 12.1 Å². The summed E-state index contributed by atoms with van der Waals surface area (Å²) in [6.07, 6.45) is 0.345. The molecule has 6 heteroatoms. The fourth-order valence-electron chi connectivity index (χ4n) is 1.35. The minimum Gasteiger partial charge on any atom is -0.478 e. The molecule has 0 aromatic heterocycles. The molecule has 1 aromatic carbocycles. The largest absolute Gasteiger partial charge is 0.478 e. The van der Waals surface area contributed by atoms with Crippen LogP contribution in [0.2, 0.25) is 0 Å². The number of carbonyl (C=O) groups is 2. The highest BCUT2D eigenvalue weighted by molar-refractivity contribution is 9.10. The highest BCUT2D eigenvalue weighted by Crippen LogP contribution is 2.23. The average molecular weight is 315 g/mol. The van der Waals surface area contributed by atoms with E-state index in [0.29, 0.717) is 23.1 Å². The SMILES string of the molecule is CCNCCC(=O)Nc1cc(C(=O)O)ccc1Br. The van der Waals surface area contributed by atoms with Crippen LogP contribution in [0.4, 0.5) is 5.69 Å². The molecule has 5 nitrogen and oxygen atoms in total. The van der Waals surface area contributed by atoms with Gasteiger partial charge in [-0.1, -0.05) is 6.92 Å². The van der Waals surface area contributed by atoms with Gasteiger partial charge in [0, 0.05) is 17.4 Å². The van der Waals surface area contributed by atoms with Gasteiger partial charge in [-0.3, -0.25) is 4.79 Å². The predicted octanol–water partition coefficient (Wildman–Crippen LogP) is 2.09. The molecule has 0 radical (unpaired) electrons. The number of anilines is 1. The summed E-state index contributed by atoms with van der Waals surface area (Å²) in [6, 6.07) is 4.50. The van der Waals surface area contributed by atoms with Gasteiger partial charge in [-0.15, -0.1) is 0 Å². The summed E-state index contributed by atoms with van der Waals surface area (Å²) in [7, 11) is 0. The molecule has 0 heterocycles. The van der Waals surface area contributed by atoms with Crippen molar-refractivity contribution >= 4 is 33.5 Å². The summed E-state index contributed by atoms with van der Waals surface area (Å²) in [5, 5.41) is 14.6. The van der Waals surface area contributed by atoms with E-state index >= 15 is 0 Å². The normalized spacial score (nSPS) is 10.1. The van der Waals surface area contributed by atoms with Crippen molar-refractivity contribution in [3.63, 3.8) is 0 Å². The second kappa shape index (κ2) is 7.13. The van der Waals surface area contributed by atoms with Crippen LogP contribution in [-0.4, -0.2) is 30.1 Å². The lowest BCUT2D eigenvalue weighted by molar-refractivity contribution is -0.116. The number of rotatable bonds is 6. The topological polar surface area (TPSA) is 78.4 Å². The van der Waals surface area contributed by atoms with Crippen molar-refractivity contribution in [2.45, 2.75) is 13.3 Å². The zero-order valence-corrected chi connectivity index (χ0v) is 11.6. The van der Waals surface area contributed by atoms with Crippen LogP contribution in [0.1, 0.15) is 23.7 Å². The second-order valence-electron chi connectivity index (χ2n) is 3.65. The molecule has 0 atom stereocenters. The van der Waals surface area contributed by atoms with Gasteiger partial charge in [-0.05, 0) is 40.7 Å². The molecule has 0 fully saturated rings. The van der Waals surface area contributed by atoms with Crippen LogP contribution in [0.5, 0.6) is 0 Å². The molecule has 3 N–H and O–H groups in total. The molecule has 18 heavy (non-hydrogen) atoms. The zero-order chi connectivity index (χ0) is 13.5. The number of aromatic carboxylic acids is 1. The molecule has 0 unspecified atom stereocenters. The summed E-state index contributed by atoms with van der Waals surface area (Å²) < 4.78 is 0.657. The maximum absolute atomic E-state index is 11.6. The molecule has 1 amide bonds. The van der Waals surface area contributed by atoms with Crippen LogP contribution in [0.25, 0.3) is 0 Å². The van der Waals surface area contributed by atoms with E-state index in [-0.39, 0.29) is 11.5 Å². The molecule has 0 aliphatic carbocycles. The smallest absolute Gasteiger partial charge is 0.335 e. The van der Waals surface area contributed by atoms with Crippen molar-refractivity contribution in [2.75, 3.05) is 18.4 Å². The van der Waals surface area contributed by atoms with Crippen molar-refractivity contribution in [1.82, 2.24) is 5.32 Å². The lowest BCUT2D eigenvalue weighted by Gasteiger charge is -2.08. The molecule has 0 saturated heterocycles. The Kier molecular flexibility index (Phi) is 5.80. The van der Waals surface area contributed by atoms with Crippen LogP contribution in [0, 0.1) is 0 Å². The Bertz CT molecular complexity index is 449. The first-order valence-electron chi connectivity index (χ1n) is 5.58. The van der Waals surface area contributed by atoms with Crippen molar-refractivity contribution < 1.29 is 14.7 Å². The van der Waals surface area contributed by atoms with E-state index in [2.05, 4.69) is 26.6 Å². The molecule has 0 aliphatic rings. The van der Waals surface area contributed by atoms with Crippen molar-refractivity contribution in [2.24, 2.45) is 0 Å². The van der Waals surface area contributed by atoms with Crippen molar-refractivity contribution in [1.29, 1.82) is 0 Å². The van der Waals surface area contributed by atoms with Gasteiger partial charge in [0.25, 0.3) is 0 Å². The van der Waals surface area contributed by atoms with Gasteiger partial charge in [0.2, 0.25) is 5.91 Å². The molecule has 1 rings (SSSR count). The minimum atomic E-state index is -1.02. The quantitative estimate of drug-likeness (QED) is 0.702. The molecule has 1 aromatic rings. The first-order chi connectivity index (χ1) is 8.54. The third-order valence-corrected chi connectivity index (χ3v) is 2.96. The molecule has 98 valence electrons. The van der Waals surface area contributed by atoms with Crippen molar-refractivity contribution in [3.05, 3.63) is 28.2 Å². The number of carboxylic acid groups (broad SMARTS) is 1. The molecular weight excluding hydrogens is 300 g/mol. The highest BCUT2D eigenvalue weighted by atomic mass is 79.9. The zero-order valence-electron chi connectivity index (χ0n) is 10.00. The number of carbonyl (C=O) groups excluding carboxylic acids is 1. The van der Waals surface area contributed by atoms with Gasteiger partial charge in [-0.25, -0.2) is 4.79 Å². The standard InChI is InChI=1S/C12H15BrN2O3/c1-2-14-6-5-11(16)15-10-7-8(12(17)18)3-4-9(10)13/h3-4,7,14H,2,5-6H2,1H3,(H,15,16)(H,17,18). The number of hydrogen-bond acceptors (Lipinski definition) is 3. The van der Waals surface area contributed by atoms with Gasteiger partial charge in [-0.2, -0.15) is 0 Å². The highest BCUT2D eigenvalue weighted by Gasteiger charge is 2.09. The van der Waals surface area contributed by atoms with E-state index in [9.17, 15) is 9.59 Å². The van der Waals surface area contributed by atoms with Gasteiger partial charge >= 0.3 is 5.97 Å². The second-order valence-corrected chi connectivity index (χ2v) is 4.51. The number of nitrogens with one attached hydrogen (secondary N) is 2. The van der Waals surface area contributed by atoms with Crippen LogP contribution in [-0.2, 0) is 4.79 Å². The van der Waals surface area contributed by atoms with Gasteiger partial charge in [0.05, 0.1) is 11.3 Å². The molecule has 0 bridgehead atoms. The predicted molar refractivity (Wildman–Crippen MR) is 72.9 cm³/mol.